The molecule has 1 aliphatic heterocycles. The van der Waals surface area contributed by atoms with Crippen LogP contribution in [0.3, 0.4) is 0 Å². The molecule has 1 aromatic rings. The van der Waals surface area contributed by atoms with E-state index in [0.717, 1.165) is 24.3 Å². The predicted molar refractivity (Wildman–Crippen MR) is 66.6 cm³/mol. The van der Waals surface area contributed by atoms with E-state index in [-0.39, 0.29) is 11.3 Å². The molecule has 0 spiro atoms. The van der Waals surface area contributed by atoms with Crippen molar-refractivity contribution in [3.8, 4) is 0 Å². The lowest BCUT2D eigenvalue weighted by atomic mass is 10.1. The lowest BCUT2D eigenvalue weighted by Crippen LogP contribution is -2.29. The van der Waals surface area contributed by atoms with Crippen LogP contribution in [0.25, 0.3) is 0 Å². The average molecular weight is 280 g/mol. The maximum Gasteiger partial charge on any atom is 0.224 e. The Balaban J connectivity index is 2.03. The molecule has 1 aliphatic rings. The number of nitrogens with one attached hydrogen (secondary N) is 1. The molecular formula is C9H11Cl2N3OS. The Morgan fingerprint density at radius 2 is 2.06 bits per heavy atom. The fraction of sp³-hybridized carbons (Fsp3) is 0.556. The van der Waals surface area contributed by atoms with Crippen molar-refractivity contribution in [1.82, 2.24) is 9.97 Å². The highest BCUT2D eigenvalue weighted by molar-refractivity contribution is 7.85. The molecule has 7 heteroatoms. The van der Waals surface area contributed by atoms with Gasteiger partial charge in [-0.25, -0.2) is 4.98 Å². The molecule has 88 valence electrons. The SMILES string of the molecule is O=S1CCC(Nc2nc(Cl)ncc2Cl)CC1. The molecule has 0 unspecified atom stereocenters. The number of hydrogen-bond acceptors (Lipinski definition) is 4. The van der Waals surface area contributed by atoms with Gasteiger partial charge in [-0.1, -0.05) is 11.6 Å². The highest BCUT2D eigenvalue weighted by atomic mass is 35.5. The molecular weight excluding hydrogens is 269 g/mol. The highest BCUT2D eigenvalue weighted by Gasteiger charge is 2.19. The summed E-state index contributed by atoms with van der Waals surface area (Å²) in [5, 5.41) is 3.84. The first-order valence-corrected chi connectivity index (χ1v) is 7.19. The van der Waals surface area contributed by atoms with E-state index in [1.807, 2.05) is 0 Å². The lowest BCUT2D eigenvalue weighted by molar-refractivity contribution is 0.622. The van der Waals surface area contributed by atoms with Gasteiger partial charge in [0.2, 0.25) is 5.28 Å². The largest absolute Gasteiger partial charge is 0.366 e. The molecule has 0 atom stereocenters. The minimum absolute atomic E-state index is 0.172. The molecule has 1 aromatic heterocycles. The van der Waals surface area contributed by atoms with Gasteiger partial charge < -0.3 is 5.32 Å². The zero-order valence-electron chi connectivity index (χ0n) is 8.45. The Morgan fingerprint density at radius 3 is 2.75 bits per heavy atom. The topological polar surface area (TPSA) is 54.9 Å². The summed E-state index contributed by atoms with van der Waals surface area (Å²) < 4.78 is 11.2. The molecule has 2 rings (SSSR count). The van der Waals surface area contributed by atoms with Crippen LogP contribution in [0.1, 0.15) is 12.8 Å². The highest BCUT2D eigenvalue weighted by Crippen LogP contribution is 2.22. The number of aromatic nitrogens is 2. The summed E-state index contributed by atoms with van der Waals surface area (Å²) in [5.74, 6) is 2.02. The summed E-state index contributed by atoms with van der Waals surface area (Å²) in [5.41, 5.74) is 0. The number of hydrogen-bond donors (Lipinski definition) is 1. The molecule has 1 N–H and O–H groups in total. The van der Waals surface area contributed by atoms with Gasteiger partial charge >= 0.3 is 0 Å². The van der Waals surface area contributed by atoms with Gasteiger partial charge in [0.1, 0.15) is 10.8 Å². The van der Waals surface area contributed by atoms with Crippen LogP contribution in [0.4, 0.5) is 5.82 Å². The Labute approximate surface area is 106 Å². The fourth-order valence-corrected chi connectivity index (χ4v) is 3.16. The summed E-state index contributed by atoms with van der Waals surface area (Å²) in [7, 11) is -0.660. The molecule has 0 aliphatic carbocycles. The Hall–Kier alpha value is -0.390. The van der Waals surface area contributed by atoms with E-state index in [1.54, 1.807) is 0 Å². The summed E-state index contributed by atoms with van der Waals surface area (Å²) in [6.07, 6.45) is 3.20. The predicted octanol–water partition coefficient (Wildman–Crippen LogP) is 2.11. The smallest absolute Gasteiger partial charge is 0.224 e. The third-order valence-corrected chi connectivity index (χ3v) is 4.28. The van der Waals surface area contributed by atoms with Gasteiger partial charge in [-0.15, -0.1) is 0 Å². The van der Waals surface area contributed by atoms with E-state index < -0.39 is 10.8 Å². The fourth-order valence-electron chi connectivity index (χ4n) is 1.58. The van der Waals surface area contributed by atoms with Gasteiger partial charge in [0.15, 0.2) is 0 Å². The second-order valence-corrected chi connectivity index (χ2v) is 6.04. The van der Waals surface area contributed by atoms with E-state index in [1.165, 1.54) is 6.20 Å². The van der Waals surface area contributed by atoms with E-state index in [4.69, 9.17) is 23.2 Å². The van der Waals surface area contributed by atoms with Crippen molar-refractivity contribution < 1.29 is 4.21 Å². The molecule has 0 saturated carbocycles. The molecule has 2 heterocycles. The van der Waals surface area contributed by atoms with Crippen LogP contribution in [0.5, 0.6) is 0 Å². The molecule has 1 fully saturated rings. The first-order chi connectivity index (χ1) is 7.65. The second kappa shape index (κ2) is 5.29. The van der Waals surface area contributed by atoms with Crippen LogP contribution >= 0.6 is 23.2 Å². The first-order valence-electron chi connectivity index (χ1n) is 4.94. The van der Waals surface area contributed by atoms with Gasteiger partial charge in [0.25, 0.3) is 0 Å². The van der Waals surface area contributed by atoms with Crippen molar-refractivity contribution in [2.75, 3.05) is 16.8 Å². The van der Waals surface area contributed by atoms with Crippen LogP contribution in [0.15, 0.2) is 6.20 Å². The summed E-state index contributed by atoms with van der Waals surface area (Å²) >= 11 is 11.6. The van der Waals surface area contributed by atoms with Gasteiger partial charge in [0, 0.05) is 28.3 Å². The Bertz CT molecular complexity index is 406. The molecule has 4 nitrogen and oxygen atoms in total. The van der Waals surface area contributed by atoms with Crippen LogP contribution < -0.4 is 5.32 Å². The molecule has 0 amide bonds. The monoisotopic (exact) mass is 279 g/mol. The minimum Gasteiger partial charge on any atom is -0.366 e. The van der Waals surface area contributed by atoms with Gasteiger partial charge in [0.05, 0.1) is 6.20 Å². The van der Waals surface area contributed by atoms with Crippen LogP contribution in [-0.4, -0.2) is 31.7 Å². The Kier molecular flexibility index (Phi) is 4.00. The van der Waals surface area contributed by atoms with Crippen molar-refractivity contribution in [1.29, 1.82) is 0 Å². The van der Waals surface area contributed by atoms with Crippen molar-refractivity contribution in [3.05, 3.63) is 16.5 Å². The molecule has 0 bridgehead atoms. The van der Waals surface area contributed by atoms with E-state index in [2.05, 4.69) is 15.3 Å². The first kappa shape index (κ1) is 12.1. The quantitative estimate of drug-likeness (QED) is 0.843. The van der Waals surface area contributed by atoms with Gasteiger partial charge in [-0.3, -0.25) is 4.21 Å². The van der Waals surface area contributed by atoms with Crippen molar-refractivity contribution in [2.45, 2.75) is 18.9 Å². The summed E-state index contributed by atoms with van der Waals surface area (Å²) in [6.45, 7) is 0. The van der Waals surface area contributed by atoms with E-state index >= 15 is 0 Å². The van der Waals surface area contributed by atoms with Crippen LogP contribution in [0.2, 0.25) is 10.3 Å². The molecule has 0 aromatic carbocycles. The van der Waals surface area contributed by atoms with E-state index in [9.17, 15) is 4.21 Å². The van der Waals surface area contributed by atoms with Gasteiger partial charge in [-0.05, 0) is 24.4 Å². The lowest BCUT2D eigenvalue weighted by Gasteiger charge is -2.23. The average Bonchev–Trinajstić information content (AvgIpc) is 2.27. The Morgan fingerprint density at radius 1 is 1.38 bits per heavy atom. The van der Waals surface area contributed by atoms with Crippen molar-refractivity contribution in [2.24, 2.45) is 0 Å². The third kappa shape index (κ3) is 3.06. The summed E-state index contributed by atoms with van der Waals surface area (Å²) in [6, 6.07) is 0.265. The third-order valence-electron chi connectivity index (χ3n) is 2.44. The number of anilines is 1. The zero-order valence-corrected chi connectivity index (χ0v) is 10.8. The normalized spacial score (nSPS) is 25.4. The number of nitrogens with zero attached hydrogens (tertiary/aromatic N) is 2. The molecule has 0 radical (unpaired) electrons. The number of halogens is 2. The van der Waals surface area contributed by atoms with E-state index in [0.29, 0.717) is 10.8 Å². The minimum atomic E-state index is -0.660. The van der Waals surface area contributed by atoms with Gasteiger partial charge in [-0.2, -0.15) is 4.98 Å². The molecule has 16 heavy (non-hydrogen) atoms. The maximum absolute atomic E-state index is 11.2. The number of rotatable bonds is 2. The second-order valence-electron chi connectivity index (χ2n) is 3.60. The van der Waals surface area contributed by atoms with Crippen molar-refractivity contribution in [3.63, 3.8) is 0 Å². The standard InChI is InChI=1S/C9H11Cl2N3OS/c10-7-5-12-9(11)14-8(7)13-6-1-3-16(15)4-2-6/h5-6H,1-4H2,(H,12,13,14). The van der Waals surface area contributed by atoms with Crippen molar-refractivity contribution >= 4 is 39.8 Å². The molecule has 1 saturated heterocycles. The van der Waals surface area contributed by atoms with Crippen LogP contribution in [-0.2, 0) is 10.8 Å². The zero-order chi connectivity index (χ0) is 11.5. The maximum atomic E-state index is 11.2. The van der Waals surface area contributed by atoms with Crippen LogP contribution in [0, 0.1) is 0 Å². The summed E-state index contributed by atoms with van der Waals surface area (Å²) in [4.78, 5) is 7.80.